The lowest BCUT2D eigenvalue weighted by Crippen LogP contribution is -2.31. The summed E-state index contributed by atoms with van der Waals surface area (Å²) in [5.74, 6) is 0.541. The van der Waals surface area contributed by atoms with E-state index in [-0.39, 0.29) is 0 Å². The van der Waals surface area contributed by atoms with Gasteiger partial charge in [-0.05, 0) is 42.7 Å². The van der Waals surface area contributed by atoms with E-state index < -0.39 is 10.0 Å². The number of aryl methyl sites for hydroxylation is 1. The van der Waals surface area contributed by atoms with Gasteiger partial charge in [-0.2, -0.15) is 0 Å². The first-order valence-corrected chi connectivity index (χ1v) is 9.09. The third kappa shape index (κ3) is 2.49. The smallest absolute Gasteiger partial charge is 0.232 e. The maximum Gasteiger partial charge on any atom is 0.232 e. The molecule has 0 atom stereocenters. The highest BCUT2D eigenvalue weighted by Gasteiger charge is 2.30. The van der Waals surface area contributed by atoms with Crippen molar-refractivity contribution in [1.82, 2.24) is 0 Å². The summed E-state index contributed by atoms with van der Waals surface area (Å²) >= 11 is 1.58. The van der Waals surface area contributed by atoms with E-state index in [4.69, 9.17) is 0 Å². The topological polar surface area (TPSA) is 37.4 Å². The fraction of sp³-hybridized carbons (Fsp3) is 0.429. The van der Waals surface area contributed by atoms with Crippen LogP contribution < -0.4 is 4.31 Å². The fourth-order valence-electron chi connectivity index (χ4n) is 2.30. The zero-order valence-corrected chi connectivity index (χ0v) is 12.7. The minimum absolute atomic E-state index is 0.541. The summed E-state index contributed by atoms with van der Waals surface area (Å²) in [6.45, 7) is 2.64. The van der Waals surface area contributed by atoms with Gasteiger partial charge in [-0.15, -0.1) is 11.3 Å². The second-order valence-electron chi connectivity index (χ2n) is 5.27. The Bertz CT molecular complexity index is 714. The van der Waals surface area contributed by atoms with E-state index in [0.29, 0.717) is 12.5 Å². The number of hydrogen-bond donors (Lipinski definition) is 0. The second-order valence-corrected chi connectivity index (χ2v) is 8.20. The molecule has 1 aromatic carbocycles. The van der Waals surface area contributed by atoms with E-state index in [9.17, 15) is 8.42 Å². The first-order valence-electron chi connectivity index (χ1n) is 6.42. The first kappa shape index (κ1) is 12.9. The lowest BCUT2D eigenvalue weighted by atomic mass is 10.2. The van der Waals surface area contributed by atoms with E-state index >= 15 is 0 Å². The van der Waals surface area contributed by atoms with Crippen LogP contribution in [0.5, 0.6) is 0 Å². The van der Waals surface area contributed by atoms with Gasteiger partial charge in [0.05, 0.1) is 6.26 Å². The number of thiophene rings is 1. The molecule has 0 bridgehead atoms. The van der Waals surface area contributed by atoms with Gasteiger partial charge in [0.1, 0.15) is 5.00 Å². The van der Waals surface area contributed by atoms with Crippen LogP contribution in [0.4, 0.5) is 5.00 Å². The van der Waals surface area contributed by atoms with Crippen LogP contribution in [-0.2, 0) is 10.0 Å². The Morgan fingerprint density at radius 2 is 2.00 bits per heavy atom. The maximum atomic E-state index is 12.1. The number of nitrogens with zero attached hydrogens (tertiary/aromatic N) is 1. The number of sulfonamides is 1. The number of anilines is 1. The van der Waals surface area contributed by atoms with Crippen molar-refractivity contribution in [3.8, 4) is 0 Å². The van der Waals surface area contributed by atoms with Gasteiger partial charge in [0.2, 0.25) is 10.0 Å². The van der Waals surface area contributed by atoms with Gasteiger partial charge in [-0.25, -0.2) is 8.42 Å². The molecule has 102 valence electrons. The number of fused-ring (bicyclic) bond motifs is 1. The molecule has 1 aromatic heterocycles. The molecule has 3 nitrogen and oxygen atoms in total. The van der Waals surface area contributed by atoms with Crippen molar-refractivity contribution in [2.75, 3.05) is 17.1 Å². The van der Waals surface area contributed by atoms with Gasteiger partial charge in [-0.1, -0.05) is 18.2 Å². The number of rotatable bonds is 4. The third-order valence-corrected chi connectivity index (χ3v) is 6.11. The molecule has 0 saturated heterocycles. The van der Waals surface area contributed by atoms with Crippen molar-refractivity contribution in [1.29, 1.82) is 0 Å². The molecule has 0 aliphatic heterocycles. The van der Waals surface area contributed by atoms with Gasteiger partial charge in [0, 0.05) is 11.2 Å². The van der Waals surface area contributed by atoms with Crippen LogP contribution in [0, 0.1) is 12.8 Å². The highest BCUT2D eigenvalue weighted by atomic mass is 32.2. The minimum atomic E-state index is -3.20. The zero-order valence-electron chi connectivity index (χ0n) is 11.1. The Hall–Kier alpha value is -1.07. The Morgan fingerprint density at radius 1 is 1.32 bits per heavy atom. The van der Waals surface area contributed by atoms with Gasteiger partial charge in [0.25, 0.3) is 0 Å². The molecule has 1 heterocycles. The van der Waals surface area contributed by atoms with Crippen LogP contribution in [0.25, 0.3) is 10.1 Å². The number of hydrogen-bond acceptors (Lipinski definition) is 3. The Kier molecular flexibility index (Phi) is 3.06. The maximum absolute atomic E-state index is 12.1. The second kappa shape index (κ2) is 4.49. The molecule has 1 aliphatic carbocycles. The molecule has 5 heteroatoms. The molecule has 0 radical (unpaired) electrons. The lowest BCUT2D eigenvalue weighted by Gasteiger charge is -2.21. The predicted molar refractivity (Wildman–Crippen MR) is 81.5 cm³/mol. The summed E-state index contributed by atoms with van der Waals surface area (Å²) in [6.07, 6.45) is 3.60. The summed E-state index contributed by atoms with van der Waals surface area (Å²) in [7, 11) is -3.20. The van der Waals surface area contributed by atoms with Crippen LogP contribution in [0.2, 0.25) is 0 Å². The van der Waals surface area contributed by atoms with Crippen LogP contribution in [0.3, 0.4) is 0 Å². The minimum Gasteiger partial charge on any atom is -0.261 e. The van der Waals surface area contributed by atoms with Crippen LogP contribution in [-0.4, -0.2) is 21.2 Å². The molecule has 2 aromatic rings. The fourth-order valence-corrected chi connectivity index (χ4v) is 4.87. The van der Waals surface area contributed by atoms with Crippen molar-refractivity contribution in [3.05, 3.63) is 29.8 Å². The van der Waals surface area contributed by atoms with Crippen molar-refractivity contribution in [3.63, 3.8) is 0 Å². The van der Waals surface area contributed by atoms with E-state index in [2.05, 4.69) is 6.07 Å². The van der Waals surface area contributed by atoms with Crippen molar-refractivity contribution in [2.45, 2.75) is 19.8 Å². The molecule has 1 aliphatic rings. The molecule has 0 unspecified atom stereocenters. The van der Waals surface area contributed by atoms with Gasteiger partial charge < -0.3 is 0 Å². The Morgan fingerprint density at radius 3 is 2.58 bits per heavy atom. The van der Waals surface area contributed by atoms with Crippen molar-refractivity contribution < 1.29 is 8.42 Å². The predicted octanol–water partition coefficient (Wildman–Crippen LogP) is 3.39. The van der Waals surface area contributed by atoms with Crippen molar-refractivity contribution in [2.24, 2.45) is 5.92 Å². The summed E-state index contributed by atoms with van der Waals surface area (Å²) in [4.78, 5) is 0. The largest absolute Gasteiger partial charge is 0.261 e. The molecular weight excluding hydrogens is 278 g/mol. The highest BCUT2D eigenvalue weighted by Crippen LogP contribution is 2.41. The average Bonchev–Trinajstić information content (AvgIpc) is 3.11. The van der Waals surface area contributed by atoms with E-state index in [1.165, 1.54) is 6.26 Å². The Labute approximate surface area is 117 Å². The molecule has 0 amide bonds. The molecular formula is C14H17NO2S2. The highest BCUT2D eigenvalue weighted by molar-refractivity contribution is 7.92. The quantitative estimate of drug-likeness (QED) is 0.867. The Balaban J connectivity index is 2.11. The van der Waals surface area contributed by atoms with E-state index in [0.717, 1.165) is 33.5 Å². The molecule has 0 N–H and O–H groups in total. The van der Waals surface area contributed by atoms with Crippen LogP contribution in [0.1, 0.15) is 18.4 Å². The van der Waals surface area contributed by atoms with Gasteiger partial charge in [0.15, 0.2) is 0 Å². The zero-order chi connectivity index (χ0) is 13.6. The van der Waals surface area contributed by atoms with E-state index in [1.807, 2.05) is 25.1 Å². The summed E-state index contributed by atoms with van der Waals surface area (Å²) in [6, 6.07) is 8.10. The van der Waals surface area contributed by atoms with Gasteiger partial charge >= 0.3 is 0 Å². The molecule has 0 spiro atoms. The lowest BCUT2D eigenvalue weighted by molar-refractivity contribution is 0.594. The normalized spacial score (nSPS) is 15.9. The summed E-state index contributed by atoms with van der Waals surface area (Å²) in [5.41, 5.74) is 1.08. The molecule has 1 fully saturated rings. The summed E-state index contributed by atoms with van der Waals surface area (Å²) in [5, 5.41) is 2.04. The molecule has 1 saturated carbocycles. The number of benzene rings is 1. The molecule has 3 rings (SSSR count). The monoisotopic (exact) mass is 295 g/mol. The summed E-state index contributed by atoms with van der Waals surface area (Å²) < 4.78 is 26.9. The SMILES string of the molecule is Cc1c(N(CC2CC2)S(C)(=O)=O)sc2ccccc12. The van der Waals surface area contributed by atoms with E-state index in [1.54, 1.807) is 15.6 Å². The molecule has 19 heavy (non-hydrogen) atoms. The third-order valence-electron chi connectivity index (χ3n) is 3.57. The van der Waals surface area contributed by atoms with Crippen LogP contribution in [0.15, 0.2) is 24.3 Å². The standard InChI is InChI=1S/C14H17NO2S2/c1-10-12-5-3-4-6-13(12)18-14(10)15(19(2,16)17)9-11-7-8-11/h3-6,11H,7-9H2,1-2H3. The average molecular weight is 295 g/mol. The van der Waals surface area contributed by atoms with Crippen LogP contribution >= 0.6 is 11.3 Å². The van der Waals surface area contributed by atoms with Crippen molar-refractivity contribution >= 4 is 36.4 Å². The van der Waals surface area contributed by atoms with Gasteiger partial charge in [-0.3, -0.25) is 4.31 Å². The first-order chi connectivity index (χ1) is 8.97.